The lowest BCUT2D eigenvalue weighted by Gasteiger charge is -2.51. The Bertz CT molecular complexity index is 310. The molecule has 0 aromatic carbocycles. The highest BCUT2D eigenvalue weighted by Crippen LogP contribution is 2.52. The number of amides is 1. The lowest BCUT2D eigenvalue weighted by Crippen LogP contribution is -2.52. The Kier molecular flexibility index (Phi) is 3.32. The Labute approximate surface area is 109 Å². The third kappa shape index (κ3) is 2.28. The molecule has 1 spiro atoms. The quantitative estimate of drug-likeness (QED) is 0.724. The number of carbonyl (C=O) groups is 1. The first-order valence-electron chi connectivity index (χ1n) is 7.36. The van der Waals surface area contributed by atoms with Gasteiger partial charge in [0.05, 0.1) is 6.10 Å². The van der Waals surface area contributed by atoms with Gasteiger partial charge in [0.25, 0.3) is 0 Å². The second kappa shape index (κ2) is 4.82. The highest BCUT2D eigenvalue weighted by atomic mass is 16.3. The summed E-state index contributed by atoms with van der Waals surface area (Å²) in [6, 6.07) is 0. The van der Waals surface area contributed by atoms with Crippen molar-refractivity contribution in [1.82, 2.24) is 10.2 Å². The van der Waals surface area contributed by atoms with Crippen LogP contribution in [0.2, 0.25) is 0 Å². The molecular formula is C14H24N2O2. The van der Waals surface area contributed by atoms with Crippen molar-refractivity contribution in [3.63, 3.8) is 0 Å². The Hall–Kier alpha value is -0.610. The number of carbonyl (C=O) groups excluding carboxylic acids is 1. The molecule has 2 heterocycles. The molecule has 2 N–H and O–H groups in total. The number of rotatable bonds is 1. The largest absolute Gasteiger partial charge is 0.393 e. The maximum atomic E-state index is 12.3. The topological polar surface area (TPSA) is 52.6 Å². The Morgan fingerprint density at radius 3 is 2.39 bits per heavy atom. The minimum Gasteiger partial charge on any atom is -0.393 e. The van der Waals surface area contributed by atoms with E-state index in [4.69, 9.17) is 0 Å². The molecule has 1 saturated carbocycles. The van der Waals surface area contributed by atoms with Gasteiger partial charge in [0.1, 0.15) is 0 Å². The molecule has 4 nitrogen and oxygen atoms in total. The molecule has 0 radical (unpaired) electrons. The second-order valence-electron chi connectivity index (χ2n) is 6.41. The second-order valence-corrected chi connectivity index (χ2v) is 6.41. The summed E-state index contributed by atoms with van der Waals surface area (Å²) in [7, 11) is 0. The molecule has 2 saturated heterocycles. The highest BCUT2D eigenvalue weighted by molar-refractivity contribution is 5.80. The lowest BCUT2D eigenvalue weighted by atomic mass is 9.57. The number of aliphatic hydroxyl groups is 1. The van der Waals surface area contributed by atoms with Crippen molar-refractivity contribution in [3.05, 3.63) is 0 Å². The van der Waals surface area contributed by atoms with Gasteiger partial charge in [0, 0.05) is 19.0 Å². The van der Waals surface area contributed by atoms with Gasteiger partial charge in [-0.2, -0.15) is 0 Å². The first kappa shape index (κ1) is 12.4. The number of nitrogens with one attached hydrogen (secondary N) is 1. The number of likely N-dealkylation sites (tertiary alicyclic amines) is 1. The first-order valence-corrected chi connectivity index (χ1v) is 7.36. The fourth-order valence-corrected chi connectivity index (χ4v) is 3.87. The van der Waals surface area contributed by atoms with Crippen molar-refractivity contribution < 1.29 is 9.90 Å². The minimum absolute atomic E-state index is 0.189. The van der Waals surface area contributed by atoms with Crippen molar-refractivity contribution in [2.24, 2.45) is 11.3 Å². The van der Waals surface area contributed by atoms with Crippen LogP contribution in [0, 0.1) is 11.3 Å². The number of piperidine rings is 2. The van der Waals surface area contributed by atoms with Gasteiger partial charge in [0.15, 0.2) is 0 Å². The number of hydrogen-bond donors (Lipinski definition) is 2. The summed E-state index contributed by atoms with van der Waals surface area (Å²) < 4.78 is 0. The molecule has 0 aromatic heterocycles. The van der Waals surface area contributed by atoms with Gasteiger partial charge in [0.2, 0.25) is 5.91 Å². The van der Waals surface area contributed by atoms with Crippen molar-refractivity contribution >= 4 is 5.91 Å². The average Bonchev–Trinajstić information content (AvgIpc) is 2.37. The molecule has 18 heavy (non-hydrogen) atoms. The van der Waals surface area contributed by atoms with E-state index in [1.807, 2.05) is 4.90 Å². The van der Waals surface area contributed by atoms with Gasteiger partial charge >= 0.3 is 0 Å². The van der Waals surface area contributed by atoms with E-state index in [0.29, 0.717) is 11.3 Å². The average molecular weight is 252 g/mol. The molecule has 3 aliphatic rings. The van der Waals surface area contributed by atoms with Gasteiger partial charge in [-0.25, -0.2) is 0 Å². The van der Waals surface area contributed by atoms with Crippen molar-refractivity contribution in [2.45, 2.75) is 44.6 Å². The maximum absolute atomic E-state index is 12.3. The zero-order valence-electron chi connectivity index (χ0n) is 11.0. The van der Waals surface area contributed by atoms with Gasteiger partial charge in [-0.15, -0.1) is 0 Å². The Morgan fingerprint density at radius 2 is 1.78 bits per heavy atom. The highest BCUT2D eigenvalue weighted by Gasteiger charge is 2.48. The van der Waals surface area contributed by atoms with E-state index >= 15 is 0 Å². The van der Waals surface area contributed by atoms with Crippen LogP contribution in [-0.2, 0) is 4.79 Å². The monoisotopic (exact) mass is 252 g/mol. The number of nitrogens with zero attached hydrogens (tertiary/aromatic N) is 1. The van der Waals surface area contributed by atoms with E-state index in [9.17, 15) is 9.90 Å². The zero-order chi connectivity index (χ0) is 12.6. The predicted molar refractivity (Wildman–Crippen MR) is 69.1 cm³/mol. The van der Waals surface area contributed by atoms with Crippen LogP contribution < -0.4 is 5.32 Å². The summed E-state index contributed by atoms with van der Waals surface area (Å²) in [5, 5.41) is 12.9. The van der Waals surface area contributed by atoms with E-state index in [-0.39, 0.29) is 12.0 Å². The molecular weight excluding hydrogens is 228 g/mol. The Balaban J connectivity index is 1.50. The molecule has 102 valence electrons. The summed E-state index contributed by atoms with van der Waals surface area (Å²) in [5.41, 5.74) is 0.487. The van der Waals surface area contributed by atoms with Crippen molar-refractivity contribution in [2.75, 3.05) is 26.2 Å². The summed E-state index contributed by atoms with van der Waals surface area (Å²) in [6.07, 6.45) is 6.02. The van der Waals surface area contributed by atoms with Crippen molar-refractivity contribution in [1.29, 1.82) is 0 Å². The van der Waals surface area contributed by atoms with Crippen molar-refractivity contribution in [3.8, 4) is 0 Å². The van der Waals surface area contributed by atoms with Crippen LogP contribution >= 0.6 is 0 Å². The molecule has 0 aromatic rings. The lowest BCUT2D eigenvalue weighted by molar-refractivity contribution is -0.146. The molecule has 0 bridgehead atoms. The molecule has 4 heteroatoms. The maximum Gasteiger partial charge on any atom is 0.225 e. The van der Waals surface area contributed by atoms with Crippen LogP contribution in [-0.4, -0.2) is 48.2 Å². The van der Waals surface area contributed by atoms with E-state index < -0.39 is 0 Å². The molecule has 1 amide bonds. The molecule has 1 aliphatic carbocycles. The van der Waals surface area contributed by atoms with E-state index in [2.05, 4.69) is 5.32 Å². The molecule has 3 rings (SSSR count). The van der Waals surface area contributed by atoms with Gasteiger partial charge in [-0.05, 0) is 57.0 Å². The molecule has 0 unspecified atom stereocenters. The number of hydrogen-bond acceptors (Lipinski definition) is 3. The molecule has 2 aliphatic heterocycles. The van der Waals surface area contributed by atoms with E-state index in [1.165, 1.54) is 12.8 Å². The van der Waals surface area contributed by atoms with Crippen LogP contribution in [0.4, 0.5) is 0 Å². The summed E-state index contributed by atoms with van der Waals surface area (Å²) >= 11 is 0. The van der Waals surface area contributed by atoms with Crippen LogP contribution in [0.3, 0.4) is 0 Å². The van der Waals surface area contributed by atoms with Gasteiger partial charge < -0.3 is 15.3 Å². The summed E-state index contributed by atoms with van der Waals surface area (Å²) in [4.78, 5) is 14.3. The Morgan fingerprint density at radius 1 is 1.17 bits per heavy atom. The molecule has 3 fully saturated rings. The fraction of sp³-hybridized carbons (Fsp3) is 0.929. The summed E-state index contributed by atoms with van der Waals surface area (Å²) in [5.74, 6) is 0.629. The van der Waals surface area contributed by atoms with Crippen LogP contribution in [0.25, 0.3) is 0 Å². The first-order chi connectivity index (χ1) is 8.69. The standard InChI is InChI=1S/C14H24N2O2/c17-12-1-7-16(8-2-12)13(18)11-9-14(10-11)3-5-15-6-4-14/h11-12,15,17H,1-10H2. The van der Waals surface area contributed by atoms with Crippen LogP contribution in [0.1, 0.15) is 38.5 Å². The van der Waals surface area contributed by atoms with E-state index in [1.54, 1.807) is 0 Å². The third-order valence-electron chi connectivity index (χ3n) is 5.15. The van der Waals surface area contributed by atoms with Gasteiger partial charge in [-0.3, -0.25) is 4.79 Å². The van der Waals surface area contributed by atoms with Gasteiger partial charge in [-0.1, -0.05) is 0 Å². The smallest absolute Gasteiger partial charge is 0.225 e. The minimum atomic E-state index is -0.189. The predicted octanol–water partition coefficient (Wildman–Crippen LogP) is 0.749. The van der Waals surface area contributed by atoms with E-state index in [0.717, 1.165) is 51.9 Å². The molecule has 0 atom stereocenters. The summed E-state index contributed by atoms with van der Waals surface area (Å²) in [6.45, 7) is 3.75. The fourth-order valence-electron chi connectivity index (χ4n) is 3.87. The van der Waals surface area contributed by atoms with Crippen LogP contribution in [0.5, 0.6) is 0 Å². The number of aliphatic hydroxyl groups excluding tert-OH is 1. The van der Waals surface area contributed by atoms with Crippen LogP contribution in [0.15, 0.2) is 0 Å². The normalized spacial score (nSPS) is 29.3. The zero-order valence-corrected chi connectivity index (χ0v) is 11.0. The SMILES string of the molecule is O=C(C1CC2(CCNCC2)C1)N1CCC(O)CC1. The third-order valence-corrected chi connectivity index (χ3v) is 5.15.